The van der Waals surface area contributed by atoms with Gasteiger partial charge in [0, 0.05) is 12.5 Å². The Bertz CT molecular complexity index is 568. The van der Waals surface area contributed by atoms with Crippen LogP contribution in [0.15, 0.2) is 60.7 Å². The van der Waals surface area contributed by atoms with Crippen LogP contribution in [0.3, 0.4) is 0 Å². The predicted octanol–water partition coefficient (Wildman–Crippen LogP) is 4.40. The van der Waals surface area contributed by atoms with Crippen molar-refractivity contribution in [2.24, 2.45) is 5.92 Å². The van der Waals surface area contributed by atoms with Crippen molar-refractivity contribution in [1.82, 2.24) is 0 Å². The molecule has 0 saturated heterocycles. The lowest BCUT2D eigenvalue weighted by Gasteiger charge is -2.21. The molecule has 2 aromatic rings. The van der Waals surface area contributed by atoms with Gasteiger partial charge in [-0.05, 0) is 24.0 Å². The minimum absolute atomic E-state index is 0.0666. The molecule has 0 fully saturated rings. The van der Waals surface area contributed by atoms with E-state index in [1.807, 2.05) is 55.5 Å². The van der Waals surface area contributed by atoms with Crippen molar-refractivity contribution in [2.45, 2.75) is 39.1 Å². The molecule has 0 aliphatic carbocycles. The molecule has 0 amide bonds. The molecule has 2 aromatic carbocycles. The molecule has 0 aromatic heterocycles. The topological polar surface area (TPSA) is 35.5 Å². The minimum Gasteiger partial charge on any atom is -0.377 e. The second-order valence-corrected chi connectivity index (χ2v) is 6.01. The first-order valence-electron chi connectivity index (χ1n) is 8.52. The summed E-state index contributed by atoms with van der Waals surface area (Å²) < 4.78 is 11.7. The highest BCUT2D eigenvalue weighted by molar-refractivity contribution is 5.53. The largest absolute Gasteiger partial charge is 0.377 e. The smallest absolute Gasteiger partial charge is 0.125 e. The van der Waals surface area contributed by atoms with Crippen LogP contribution in [0.25, 0.3) is 0 Å². The number of rotatable bonds is 11. The van der Waals surface area contributed by atoms with Gasteiger partial charge < -0.3 is 14.3 Å². The predicted molar refractivity (Wildman–Crippen MR) is 95.6 cm³/mol. The summed E-state index contributed by atoms with van der Waals surface area (Å²) in [7, 11) is 0. The number of hydrogen-bond donors (Lipinski definition) is 0. The van der Waals surface area contributed by atoms with Crippen LogP contribution in [-0.4, -0.2) is 19.0 Å². The number of ether oxygens (including phenoxy) is 2. The van der Waals surface area contributed by atoms with Crippen molar-refractivity contribution in [3.63, 3.8) is 0 Å². The van der Waals surface area contributed by atoms with Gasteiger partial charge in [-0.1, -0.05) is 67.6 Å². The average molecular weight is 326 g/mol. The number of hydrogen-bond acceptors (Lipinski definition) is 3. The van der Waals surface area contributed by atoms with Crippen molar-refractivity contribution in [1.29, 1.82) is 0 Å². The van der Waals surface area contributed by atoms with E-state index in [1.54, 1.807) is 0 Å². The number of carbonyl (C=O) groups is 1. The molecule has 3 nitrogen and oxygen atoms in total. The van der Waals surface area contributed by atoms with Gasteiger partial charge >= 0.3 is 0 Å². The van der Waals surface area contributed by atoms with E-state index in [0.717, 1.165) is 24.7 Å². The van der Waals surface area contributed by atoms with E-state index in [0.29, 0.717) is 19.8 Å². The SMILES string of the molecule is C[C@@H](C=O)[C@@H](CCCOCc1ccccc1)OCc1ccccc1. The molecule has 0 aliphatic heterocycles. The molecule has 0 heterocycles. The van der Waals surface area contributed by atoms with E-state index < -0.39 is 0 Å². The molecule has 0 radical (unpaired) electrons. The lowest BCUT2D eigenvalue weighted by molar-refractivity contribution is -0.116. The van der Waals surface area contributed by atoms with Crippen LogP contribution in [0, 0.1) is 5.92 Å². The zero-order valence-corrected chi connectivity index (χ0v) is 14.3. The molecule has 0 aliphatic rings. The lowest BCUT2D eigenvalue weighted by atomic mass is 10.0. The van der Waals surface area contributed by atoms with Gasteiger partial charge in [-0.3, -0.25) is 0 Å². The highest BCUT2D eigenvalue weighted by Crippen LogP contribution is 2.15. The summed E-state index contributed by atoms with van der Waals surface area (Å²) in [5.41, 5.74) is 2.30. The molecule has 0 N–H and O–H groups in total. The van der Waals surface area contributed by atoms with Crippen LogP contribution in [-0.2, 0) is 27.5 Å². The Morgan fingerprint density at radius 2 is 1.50 bits per heavy atom. The highest BCUT2D eigenvalue weighted by atomic mass is 16.5. The molecule has 24 heavy (non-hydrogen) atoms. The van der Waals surface area contributed by atoms with Crippen LogP contribution in [0.4, 0.5) is 0 Å². The molecule has 2 atom stereocenters. The van der Waals surface area contributed by atoms with Crippen LogP contribution in [0.1, 0.15) is 30.9 Å². The van der Waals surface area contributed by atoms with Crippen LogP contribution in [0.2, 0.25) is 0 Å². The first kappa shape index (κ1) is 18.4. The van der Waals surface area contributed by atoms with E-state index in [1.165, 1.54) is 5.56 Å². The second-order valence-electron chi connectivity index (χ2n) is 6.01. The second kappa shape index (κ2) is 10.7. The summed E-state index contributed by atoms with van der Waals surface area (Å²) >= 11 is 0. The summed E-state index contributed by atoms with van der Waals surface area (Å²) in [5, 5.41) is 0. The van der Waals surface area contributed by atoms with Gasteiger partial charge in [0.25, 0.3) is 0 Å². The average Bonchev–Trinajstić information content (AvgIpc) is 2.65. The van der Waals surface area contributed by atoms with E-state index in [9.17, 15) is 4.79 Å². The Hall–Kier alpha value is -1.97. The van der Waals surface area contributed by atoms with E-state index in [2.05, 4.69) is 12.1 Å². The zero-order valence-electron chi connectivity index (χ0n) is 14.3. The van der Waals surface area contributed by atoms with Gasteiger partial charge in [-0.15, -0.1) is 0 Å². The molecule has 2 rings (SSSR count). The Kier molecular flexibility index (Phi) is 8.22. The monoisotopic (exact) mass is 326 g/mol. The maximum atomic E-state index is 11.1. The third kappa shape index (κ3) is 6.65. The first-order chi connectivity index (χ1) is 11.8. The quantitative estimate of drug-likeness (QED) is 0.453. The Morgan fingerprint density at radius 3 is 2.08 bits per heavy atom. The van der Waals surface area contributed by atoms with Gasteiger partial charge in [0.1, 0.15) is 6.29 Å². The Labute approximate surface area is 144 Å². The molecular formula is C21H26O3. The fourth-order valence-corrected chi connectivity index (χ4v) is 2.51. The number of benzene rings is 2. The normalized spacial score (nSPS) is 13.4. The minimum atomic E-state index is -0.108. The molecular weight excluding hydrogens is 300 g/mol. The van der Waals surface area contributed by atoms with E-state index in [-0.39, 0.29) is 12.0 Å². The number of aldehydes is 1. The summed E-state index contributed by atoms with van der Waals surface area (Å²) in [6, 6.07) is 20.2. The Morgan fingerprint density at radius 1 is 0.917 bits per heavy atom. The standard InChI is InChI=1S/C21H26O3/c1-18(15-22)21(24-17-20-11-6-3-7-12-20)13-8-14-23-16-19-9-4-2-5-10-19/h2-7,9-12,15,18,21H,8,13-14,16-17H2,1H3/t18-,21+/m0/s1. The van der Waals surface area contributed by atoms with E-state index in [4.69, 9.17) is 9.47 Å². The van der Waals surface area contributed by atoms with Gasteiger partial charge in [-0.2, -0.15) is 0 Å². The van der Waals surface area contributed by atoms with Crippen molar-refractivity contribution in [3.8, 4) is 0 Å². The molecule has 128 valence electrons. The fourth-order valence-electron chi connectivity index (χ4n) is 2.51. The van der Waals surface area contributed by atoms with Gasteiger partial charge in [0.05, 0.1) is 19.3 Å². The molecule has 0 saturated carbocycles. The third-order valence-corrected chi connectivity index (χ3v) is 4.00. The van der Waals surface area contributed by atoms with Crippen LogP contribution >= 0.6 is 0 Å². The van der Waals surface area contributed by atoms with Crippen LogP contribution < -0.4 is 0 Å². The maximum Gasteiger partial charge on any atom is 0.125 e. The molecule has 0 spiro atoms. The molecule has 0 unspecified atom stereocenters. The number of carbonyl (C=O) groups excluding carboxylic acids is 1. The Balaban J connectivity index is 1.70. The van der Waals surface area contributed by atoms with Crippen molar-refractivity contribution in [2.75, 3.05) is 6.61 Å². The van der Waals surface area contributed by atoms with Gasteiger partial charge in [0.2, 0.25) is 0 Å². The molecule has 0 bridgehead atoms. The maximum absolute atomic E-state index is 11.1. The zero-order chi connectivity index (χ0) is 17.0. The summed E-state index contributed by atoms with van der Waals surface area (Å²) in [6.07, 6.45) is 2.61. The summed E-state index contributed by atoms with van der Waals surface area (Å²) in [4.78, 5) is 11.1. The van der Waals surface area contributed by atoms with Crippen molar-refractivity contribution >= 4 is 6.29 Å². The first-order valence-corrected chi connectivity index (χ1v) is 8.52. The van der Waals surface area contributed by atoms with Crippen molar-refractivity contribution in [3.05, 3.63) is 71.8 Å². The van der Waals surface area contributed by atoms with E-state index >= 15 is 0 Å². The third-order valence-electron chi connectivity index (χ3n) is 4.00. The summed E-state index contributed by atoms with van der Waals surface area (Å²) in [5.74, 6) is -0.108. The van der Waals surface area contributed by atoms with Gasteiger partial charge in [-0.25, -0.2) is 0 Å². The van der Waals surface area contributed by atoms with Crippen molar-refractivity contribution < 1.29 is 14.3 Å². The lowest BCUT2D eigenvalue weighted by Crippen LogP contribution is -2.23. The van der Waals surface area contributed by atoms with Crippen LogP contribution in [0.5, 0.6) is 0 Å². The van der Waals surface area contributed by atoms with Gasteiger partial charge in [0.15, 0.2) is 0 Å². The molecule has 3 heteroatoms. The fraction of sp³-hybridized carbons (Fsp3) is 0.381. The summed E-state index contributed by atoms with van der Waals surface area (Å²) in [6.45, 7) is 3.74. The highest BCUT2D eigenvalue weighted by Gasteiger charge is 2.17.